The number of amides is 1. The molecule has 0 bridgehead atoms. The number of benzene rings is 3. The highest BCUT2D eigenvalue weighted by Gasteiger charge is 2.18. The van der Waals surface area contributed by atoms with Crippen LogP contribution in [-0.4, -0.2) is 35.4 Å². The number of ether oxygens (including phenoxy) is 2. The summed E-state index contributed by atoms with van der Waals surface area (Å²) in [6.07, 6.45) is 1.53. The second-order valence-corrected chi connectivity index (χ2v) is 10.9. The average Bonchev–Trinajstić information content (AvgIpc) is 3.35. The van der Waals surface area contributed by atoms with Crippen LogP contribution in [-0.2, 0) is 24.2 Å². The normalized spacial score (nSPS) is 11.2. The van der Waals surface area contributed by atoms with Crippen LogP contribution in [0, 0.1) is 0 Å². The molecule has 9 heteroatoms. The topological polar surface area (TPSA) is 82.5 Å². The SMILES string of the molecule is CCc1ccc(NC(=O)CSc2nc3c(sc4ccccc43)c(=O)n2CCc2ccc(OC)c(OC)c2)cc1. The van der Waals surface area contributed by atoms with E-state index < -0.39 is 0 Å². The number of fused-ring (bicyclic) bond motifs is 3. The smallest absolute Gasteiger partial charge is 0.272 e. The molecule has 1 N–H and O–H groups in total. The summed E-state index contributed by atoms with van der Waals surface area (Å²) in [4.78, 5) is 31.4. The molecule has 0 unspecified atom stereocenters. The van der Waals surface area contributed by atoms with Gasteiger partial charge in [-0.3, -0.25) is 14.2 Å². The van der Waals surface area contributed by atoms with Crippen molar-refractivity contribution in [3.05, 3.63) is 88.2 Å². The number of aryl methyl sites for hydroxylation is 2. The van der Waals surface area contributed by atoms with Crippen LogP contribution in [0.4, 0.5) is 5.69 Å². The van der Waals surface area contributed by atoms with Crippen molar-refractivity contribution in [3.63, 3.8) is 0 Å². The lowest BCUT2D eigenvalue weighted by Gasteiger charge is -2.13. The van der Waals surface area contributed by atoms with E-state index >= 15 is 0 Å². The predicted octanol–water partition coefficient (Wildman–Crippen LogP) is 6.16. The number of aromatic nitrogens is 2. The molecule has 0 spiro atoms. The Morgan fingerprint density at radius 2 is 1.74 bits per heavy atom. The first-order valence-corrected chi connectivity index (χ1v) is 14.5. The number of nitrogens with one attached hydrogen (secondary N) is 1. The standard InChI is InChI=1S/C30H29N3O4S2/c1-4-19-9-12-21(13-10-19)31-26(34)18-38-30-32-27-22-7-5-6-8-25(22)39-28(27)29(35)33(30)16-15-20-11-14-23(36-2)24(17-20)37-3/h5-14,17H,4,15-16,18H2,1-3H3,(H,31,34). The molecule has 39 heavy (non-hydrogen) atoms. The van der Waals surface area contributed by atoms with Crippen LogP contribution in [0.3, 0.4) is 0 Å². The summed E-state index contributed by atoms with van der Waals surface area (Å²) < 4.78 is 14.1. The molecule has 0 saturated heterocycles. The molecule has 0 aliphatic carbocycles. The lowest BCUT2D eigenvalue weighted by Crippen LogP contribution is -2.24. The predicted molar refractivity (Wildman–Crippen MR) is 160 cm³/mol. The molecule has 0 fully saturated rings. The minimum absolute atomic E-state index is 0.0975. The van der Waals surface area contributed by atoms with Crippen molar-refractivity contribution in [1.82, 2.24) is 9.55 Å². The number of anilines is 1. The van der Waals surface area contributed by atoms with Gasteiger partial charge in [0.25, 0.3) is 5.56 Å². The minimum atomic E-state index is -0.153. The first kappa shape index (κ1) is 26.8. The largest absolute Gasteiger partial charge is 0.493 e. The number of carbonyl (C=O) groups excluding carboxylic acids is 1. The highest BCUT2D eigenvalue weighted by Crippen LogP contribution is 2.32. The minimum Gasteiger partial charge on any atom is -0.493 e. The maximum atomic E-state index is 13.7. The van der Waals surface area contributed by atoms with Crippen molar-refractivity contribution >= 4 is 55.0 Å². The number of thioether (sulfide) groups is 1. The number of thiophene rings is 1. The molecular weight excluding hydrogens is 530 g/mol. The van der Waals surface area contributed by atoms with Crippen LogP contribution in [0.25, 0.3) is 20.3 Å². The van der Waals surface area contributed by atoms with E-state index in [2.05, 4.69) is 12.2 Å². The van der Waals surface area contributed by atoms with Gasteiger partial charge in [-0.25, -0.2) is 4.98 Å². The Balaban J connectivity index is 1.43. The van der Waals surface area contributed by atoms with Crippen molar-refractivity contribution in [2.75, 3.05) is 25.3 Å². The Hall–Kier alpha value is -3.82. The highest BCUT2D eigenvalue weighted by molar-refractivity contribution is 7.99. The van der Waals surface area contributed by atoms with E-state index in [1.54, 1.807) is 18.8 Å². The number of hydrogen-bond donors (Lipinski definition) is 1. The molecule has 2 heterocycles. The van der Waals surface area contributed by atoms with Crippen LogP contribution in [0.2, 0.25) is 0 Å². The number of hydrogen-bond acceptors (Lipinski definition) is 7. The van der Waals surface area contributed by atoms with E-state index in [0.717, 1.165) is 27.8 Å². The number of nitrogens with zero attached hydrogens (tertiary/aromatic N) is 2. The summed E-state index contributed by atoms with van der Waals surface area (Å²) in [5, 5.41) is 4.41. The zero-order chi connectivity index (χ0) is 27.4. The van der Waals surface area contributed by atoms with Crippen LogP contribution in [0.15, 0.2) is 76.7 Å². The second kappa shape index (κ2) is 11.9. The Bertz CT molecular complexity index is 1690. The van der Waals surface area contributed by atoms with Gasteiger partial charge in [-0.2, -0.15) is 0 Å². The van der Waals surface area contributed by atoms with Crippen molar-refractivity contribution in [3.8, 4) is 11.5 Å². The third-order valence-corrected chi connectivity index (χ3v) is 8.62. The number of rotatable bonds is 10. The first-order valence-electron chi connectivity index (χ1n) is 12.6. The summed E-state index contributed by atoms with van der Waals surface area (Å²) in [6.45, 7) is 2.50. The van der Waals surface area contributed by atoms with Gasteiger partial charge in [-0.1, -0.05) is 55.1 Å². The quantitative estimate of drug-likeness (QED) is 0.163. The lowest BCUT2D eigenvalue weighted by molar-refractivity contribution is -0.113. The van der Waals surface area contributed by atoms with Gasteiger partial charge in [0.1, 0.15) is 4.70 Å². The zero-order valence-electron chi connectivity index (χ0n) is 22.0. The van der Waals surface area contributed by atoms with Gasteiger partial charge < -0.3 is 14.8 Å². The first-order chi connectivity index (χ1) is 19.0. The summed E-state index contributed by atoms with van der Waals surface area (Å²) in [7, 11) is 3.20. The molecule has 2 aromatic heterocycles. The Kier molecular flexibility index (Phi) is 8.18. The van der Waals surface area contributed by atoms with Crippen molar-refractivity contribution in [1.29, 1.82) is 0 Å². The fourth-order valence-corrected chi connectivity index (χ4v) is 6.30. The molecular formula is C30H29N3O4S2. The van der Waals surface area contributed by atoms with Crippen LogP contribution in [0.5, 0.6) is 11.5 Å². The third-order valence-electron chi connectivity index (χ3n) is 6.50. The molecule has 5 aromatic rings. The van der Waals surface area contributed by atoms with Gasteiger partial charge in [-0.05, 0) is 54.3 Å². The van der Waals surface area contributed by atoms with Gasteiger partial charge >= 0.3 is 0 Å². The molecule has 0 atom stereocenters. The summed E-state index contributed by atoms with van der Waals surface area (Å²) in [6, 6.07) is 21.4. The fourth-order valence-electron chi connectivity index (χ4n) is 4.39. The van der Waals surface area contributed by atoms with E-state index in [-0.39, 0.29) is 17.2 Å². The van der Waals surface area contributed by atoms with Crippen LogP contribution >= 0.6 is 23.1 Å². The highest BCUT2D eigenvalue weighted by atomic mass is 32.2. The molecule has 7 nitrogen and oxygen atoms in total. The summed E-state index contributed by atoms with van der Waals surface area (Å²) in [5.74, 6) is 1.27. The van der Waals surface area contributed by atoms with Gasteiger partial charge in [0.2, 0.25) is 5.91 Å². The van der Waals surface area contributed by atoms with Gasteiger partial charge in [0.05, 0.1) is 25.5 Å². The Morgan fingerprint density at radius 3 is 2.49 bits per heavy atom. The zero-order valence-corrected chi connectivity index (χ0v) is 23.7. The van der Waals surface area contributed by atoms with Gasteiger partial charge in [-0.15, -0.1) is 11.3 Å². The number of methoxy groups -OCH3 is 2. The summed E-state index contributed by atoms with van der Waals surface area (Å²) in [5.41, 5.74) is 3.54. The Morgan fingerprint density at radius 1 is 1.00 bits per heavy atom. The van der Waals surface area contributed by atoms with Crippen molar-refractivity contribution < 1.29 is 14.3 Å². The molecule has 5 rings (SSSR count). The molecule has 0 aliphatic heterocycles. The molecule has 0 aliphatic rings. The monoisotopic (exact) mass is 559 g/mol. The second-order valence-electron chi connectivity index (χ2n) is 8.95. The molecule has 0 saturated carbocycles. The lowest BCUT2D eigenvalue weighted by atomic mass is 10.1. The van der Waals surface area contributed by atoms with Gasteiger partial charge in [0, 0.05) is 22.3 Å². The van der Waals surface area contributed by atoms with E-state index in [1.165, 1.54) is 28.7 Å². The average molecular weight is 560 g/mol. The van der Waals surface area contributed by atoms with Crippen molar-refractivity contribution in [2.24, 2.45) is 0 Å². The molecule has 200 valence electrons. The fraction of sp³-hybridized carbons (Fsp3) is 0.233. The number of carbonyl (C=O) groups is 1. The van der Waals surface area contributed by atoms with E-state index in [1.807, 2.05) is 66.7 Å². The molecule has 1 amide bonds. The maximum absolute atomic E-state index is 13.7. The Labute approximate surface area is 234 Å². The third kappa shape index (κ3) is 5.79. The molecule has 0 radical (unpaired) electrons. The summed E-state index contributed by atoms with van der Waals surface area (Å²) >= 11 is 2.72. The van der Waals surface area contributed by atoms with E-state index in [9.17, 15) is 9.59 Å². The van der Waals surface area contributed by atoms with Crippen molar-refractivity contribution in [2.45, 2.75) is 31.5 Å². The maximum Gasteiger partial charge on any atom is 0.272 e. The van der Waals surface area contributed by atoms with E-state index in [4.69, 9.17) is 14.5 Å². The van der Waals surface area contributed by atoms with E-state index in [0.29, 0.717) is 39.8 Å². The molecule has 3 aromatic carbocycles. The van der Waals surface area contributed by atoms with Crippen LogP contribution < -0.4 is 20.3 Å². The van der Waals surface area contributed by atoms with Crippen LogP contribution in [0.1, 0.15) is 18.1 Å². The van der Waals surface area contributed by atoms with Gasteiger partial charge in [0.15, 0.2) is 16.7 Å².